The molecule has 0 bridgehead atoms. The van der Waals surface area contributed by atoms with E-state index < -0.39 is 0 Å². The third-order valence-electron chi connectivity index (χ3n) is 3.39. The van der Waals surface area contributed by atoms with Crippen LogP contribution in [0.2, 0.25) is 5.02 Å². The van der Waals surface area contributed by atoms with E-state index in [9.17, 15) is 10.1 Å². The Bertz CT molecular complexity index is 617. The molecule has 21 heavy (non-hydrogen) atoms. The Balaban J connectivity index is 2.15. The quantitative estimate of drug-likeness (QED) is 0.632. The van der Waals surface area contributed by atoms with Crippen LogP contribution >= 0.6 is 11.6 Å². The topological polar surface area (TPSA) is 55.2 Å². The summed E-state index contributed by atoms with van der Waals surface area (Å²) in [5.74, 6) is 0. The van der Waals surface area contributed by atoms with Gasteiger partial charge in [-0.3, -0.25) is 10.1 Å². The molecule has 0 aliphatic rings. The summed E-state index contributed by atoms with van der Waals surface area (Å²) in [7, 11) is 0. The van der Waals surface area contributed by atoms with Crippen LogP contribution in [0, 0.1) is 10.1 Å². The van der Waals surface area contributed by atoms with Crippen LogP contribution in [0.3, 0.4) is 0 Å². The number of nitro benzene ring substituents is 1. The van der Waals surface area contributed by atoms with Gasteiger partial charge in [-0.05, 0) is 24.1 Å². The second kappa shape index (κ2) is 7.20. The normalized spacial score (nSPS) is 12.1. The van der Waals surface area contributed by atoms with Crippen molar-refractivity contribution in [3.63, 3.8) is 0 Å². The Labute approximate surface area is 128 Å². The van der Waals surface area contributed by atoms with E-state index in [0.717, 1.165) is 6.42 Å². The highest BCUT2D eigenvalue weighted by atomic mass is 35.5. The van der Waals surface area contributed by atoms with E-state index in [-0.39, 0.29) is 16.7 Å². The van der Waals surface area contributed by atoms with E-state index in [4.69, 9.17) is 11.6 Å². The minimum atomic E-state index is -0.378. The molecule has 5 heteroatoms. The van der Waals surface area contributed by atoms with Crippen LogP contribution in [0.5, 0.6) is 0 Å². The lowest BCUT2D eigenvalue weighted by molar-refractivity contribution is -0.385. The largest absolute Gasteiger partial charge is 0.306 e. The average molecular weight is 305 g/mol. The first kappa shape index (κ1) is 15.5. The van der Waals surface area contributed by atoms with Crippen molar-refractivity contribution in [1.29, 1.82) is 0 Å². The molecular formula is C16H17ClN2O2. The van der Waals surface area contributed by atoms with Gasteiger partial charge in [-0.25, -0.2) is 0 Å². The van der Waals surface area contributed by atoms with Gasteiger partial charge in [-0.1, -0.05) is 48.9 Å². The van der Waals surface area contributed by atoms with Gasteiger partial charge in [0.1, 0.15) is 0 Å². The molecule has 1 N–H and O–H groups in total. The van der Waals surface area contributed by atoms with Crippen molar-refractivity contribution in [2.75, 3.05) is 0 Å². The molecule has 0 amide bonds. The van der Waals surface area contributed by atoms with Crippen LogP contribution in [0.4, 0.5) is 5.69 Å². The van der Waals surface area contributed by atoms with Crippen molar-refractivity contribution in [3.05, 3.63) is 74.8 Å². The number of hydrogen-bond donors (Lipinski definition) is 1. The lowest BCUT2D eigenvalue weighted by Gasteiger charge is -2.17. The Morgan fingerprint density at radius 2 is 1.95 bits per heavy atom. The third-order valence-corrected chi connectivity index (χ3v) is 3.62. The molecule has 0 radical (unpaired) electrons. The molecule has 0 saturated carbocycles. The van der Waals surface area contributed by atoms with Crippen LogP contribution in [-0.2, 0) is 6.54 Å². The van der Waals surface area contributed by atoms with Crippen LogP contribution in [0.1, 0.15) is 30.5 Å². The molecule has 1 unspecified atom stereocenters. The molecule has 0 aromatic heterocycles. The highest BCUT2D eigenvalue weighted by Crippen LogP contribution is 2.24. The van der Waals surface area contributed by atoms with Crippen molar-refractivity contribution in [1.82, 2.24) is 5.32 Å². The fourth-order valence-electron chi connectivity index (χ4n) is 2.29. The molecule has 4 nitrogen and oxygen atoms in total. The number of rotatable bonds is 6. The molecule has 0 aliphatic heterocycles. The number of hydrogen-bond acceptors (Lipinski definition) is 3. The summed E-state index contributed by atoms with van der Waals surface area (Å²) < 4.78 is 0. The standard InChI is InChI=1S/C16H17ClN2O2/c1-2-15(12-6-4-3-5-7-12)18-11-13-10-14(17)8-9-16(13)19(20)21/h3-10,15,18H,2,11H2,1H3. The van der Waals surface area contributed by atoms with E-state index >= 15 is 0 Å². The third kappa shape index (κ3) is 4.03. The summed E-state index contributed by atoms with van der Waals surface area (Å²) in [6.45, 7) is 2.49. The van der Waals surface area contributed by atoms with Crippen LogP contribution < -0.4 is 5.32 Å². The van der Waals surface area contributed by atoms with E-state index in [1.165, 1.54) is 17.7 Å². The summed E-state index contributed by atoms with van der Waals surface area (Å²) in [5.41, 5.74) is 1.86. The lowest BCUT2D eigenvalue weighted by atomic mass is 10.0. The maximum Gasteiger partial charge on any atom is 0.273 e. The van der Waals surface area contributed by atoms with Gasteiger partial charge in [0.15, 0.2) is 0 Å². The van der Waals surface area contributed by atoms with Gasteiger partial charge in [-0.15, -0.1) is 0 Å². The van der Waals surface area contributed by atoms with Gasteiger partial charge in [0, 0.05) is 29.2 Å². The van der Waals surface area contributed by atoms with Crippen molar-refractivity contribution in [2.45, 2.75) is 25.9 Å². The summed E-state index contributed by atoms with van der Waals surface area (Å²) in [4.78, 5) is 10.7. The van der Waals surface area contributed by atoms with Crippen LogP contribution in [-0.4, -0.2) is 4.92 Å². The molecule has 2 aromatic rings. The van der Waals surface area contributed by atoms with Crippen molar-refractivity contribution >= 4 is 17.3 Å². The minimum Gasteiger partial charge on any atom is -0.306 e. The molecule has 2 aromatic carbocycles. The molecule has 2 rings (SSSR count). The summed E-state index contributed by atoms with van der Waals surface area (Å²) in [6, 6.07) is 14.8. The van der Waals surface area contributed by atoms with E-state index in [2.05, 4.69) is 12.2 Å². The molecule has 0 saturated heterocycles. The number of benzene rings is 2. The van der Waals surface area contributed by atoms with E-state index in [0.29, 0.717) is 17.1 Å². The maximum absolute atomic E-state index is 11.1. The highest BCUT2D eigenvalue weighted by Gasteiger charge is 2.15. The maximum atomic E-state index is 11.1. The zero-order valence-corrected chi connectivity index (χ0v) is 12.5. The molecular weight excluding hydrogens is 288 g/mol. The zero-order valence-electron chi connectivity index (χ0n) is 11.8. The van der Waals surface area contributed by atoms with Gasteiger partial charge < -0.3 is 5.32 Å². The van der Waals surface area contributed by atoms with Gasteiger partial charge in [-0.2, -0.15) is 0 Å². The SMILES string of the molecule is CCC(NCc1cc(Cl)ccc1[N+](=O)[O-])c1ccccc1. The predicted octanol–water partition coefficient (Wildman–Crippen LogP) is 4.49. The summed E-state index contributed by atoms with van der Waals surface area (Å²) in [6.07, 6.45) is 0.901. The van der Waals surface area contributed by atoms with Crippen LogP contribution in [0.15, 0.2) is 48.5 Å². The summed E-state index contributed by atoms with van der Waals surface area (Å²) in [5, 5.41) is 14.9. The fraction of sp³-hybridized carbons (Fsp3) is 0.250. The van der Waals surface area contributed by atoms with Crippen molar-refractivity contribution in [3.8, 4) is 0 Å². The first-order valence-corrected chi connectivity index (χ1v) is 7.20. The van der Waals surface area contributed by atoms with Gasteiger partial charge in [0.05, 0.1) is 4.92 Å². The van der Waals surface area contributed by atoms with Gasteiger partial charge in [0.25, 0.3) is 5.69 Å². The molecule has 0 aliphatic carbocycles. The molecule has 0 fully saturated rings. The monoisotopic (exact) mass is 304 g/mol. The fourth-order valence-corrected chi connectivity index (χ4v) is 2.48. The molecule has 0 spiro atoms. The van der Waals surface area contributed by atoms with E-state index in [1.54, 1.807) is 6.07 Å². The smallest absolute Gasteiger partial charge is 0.273 e. The second-order valence-electron chi connectivity index (χ2n) is 4.78. The summed E-state index contributed by atoms with van der Waals surface area (Å²) >= 11 is 5.94. The minimum absolute atomic E-state index is 0.0924. The van der Waals surface area contributed by atoms with E-state index in [1.807, 2.05) is 30.3 Å². The first-order chi connectivity index (χ1) is 10.1. The Kier molecular flexibility index (Phi) is 5.31. The van der Waals surface area contributed by atoms with Gasteiger partial charge in [0.2, 0.25) is 0 Å². The van der Waals surface area contributed by atoms with Gasteiger partial charge >= 0.3 is 0 Å². The van der Waals surface area contributed by atoms with Crippen molar-refractivity contribution in [2.24, 2.45) is 0 Å². The Morgan fingerprint density at radius 3 is 2.57 bits per heavy atom. The lowest BCUT2D eigenvalue weighted by Crippen LogP contribution is -2.20. The molecule has 110 valence electrons. The van der Waals surface area contributed by atoms with Crippen molar-refractivity contribution < 1.29 is 4.92 Å². The first-order valence-electron chi connectivity index (χ1n) is 6.83. The molecule has 0 heterocycles. The predicted molar refractivity (Wildman–Crippen MR) is 84.4 cm³/mol. The number of nitro groups is 1. The Morgan fingerprint density at radius 1 is 1.24 bits per heavy atom. The Hall–Kier alpha value is -1.91. The number of nitrogens with zero attached hydrogens (tertiary/aromatic N) is 1. The average Bonchev–Trinajstić information content (AvgIpc) is 2.48. The van der Waals surface area contributed by atoms with Crippen LogP contribution in [0.25, 0.3) is 0 Å². The molecule has 1 atom stereocenters. The zero-order chi connectivity index (χ0) is 15.2. The highest BCUT2D eigenvalue weighted by molar-refractivity contribution is 6.30. The second-order valence-corrected chi connectivity index (χ2v) is 5.22. The number of halogens is 1. The number of nitrogens with one attached hydrogen (secondary N) is 1.